The van der Waals surface area contributed by atoms with Crippen LogP contribution in [-0.2, 0) is 5.75 Å². The molecular formula is C15H9BrClFN2OS. The van der Waals surface area contributed by atoms with Crippen molar-refractivity contribution in [1.82, 2.24) is 10.2 Å². The number of nitrogens with zero attached hydrogens (tertiary/aromatic N) is 2. The summed E-state index contributed by atoms with van der Waals surface area (Å²) in [6, 6.07) is 11.9. The van der Waals surface area contributed by atoms with Crippen molar-refractivity contribution < 1.29 is 8.81 Å². The number of benzene rings is 2. The topological polar surface area (TPSA) is 38.9 Å². The van der Waals surface area contributed by atoms with Gasteiger partial charge in [0.25, 0.3) is 5.22 Å². The van der Waals surface area contributed by atoms with Crippen molar-refractivity contribution in [3.8, 4) is 11.5 Å². The summed E-state index contributed by atoms with van der Waals surface area (Å²) in [6.07, 6.45) is 0. The molecule has 7 heteroatoms. The Morgan fingerprint density at radius 3 is 2.77 bits per heavy atom. The Kier molecular flexibility index (Phi) is 4.81. The molecule has 0 aliphatic heterocycles. The fourth-order valence-corrected chi connectivity index (χ4v) is 3.32. The van der Waals surface area contributed by atoms with E-state index in [-0.39, 0.29) is 5.82 Å². The van der Waals surface area contributed by atoms with E-state index in [1.807, 2.05) is 24.3 Å². The first-order valence-electron chi connectivity index (χ1n) is 6.28. The fourth-order valence-electron chi connectivity index (χ4n) is 1.79. The maximum absolute atomic E-state index is 13.0. The van der Waals surface area contributed by atoms with Crippen LogP contribution in [0.1, 0.15) is 5.56 Å². The summed E-state index contributed by atoms with van der Waals surface area (Å²) in [4.78, 5) is 0. The highest BCUT2D eigenvalue weighted by molar-refractivity contribution is 9.10. The van der Waals surface area contributed by atoms with Crippen molar-refractivity contribution in [2.75, 3.05) is 0 Å². The van der Waals surface area contributed by atoms with E-state index >= 15 is 0 Å². The van der Waals surface area contributed by atoms with Gasteiger partial charge in [-0.2, -0.15) is 0 Å². The molecule has 22 heavy (non-hydrogen) atoms. The molecule has 0 fully saturated rings. The molecule has 3 nitrogen and oxygen atoms in total. The summed E-state index contributed by atoms with van der Waals surface area (Å²) < 4.78 is 19.5. The molecule has 0 spiro atoms. The largest absolute Gasteiger partial charge is 0.411 e. The number of halogens is 3. The predicted octanol–water partition coefficient (Wildman–Crippen LogP) is 5.58. The minimum atomic E-state index is -0.354. The van der Waals surface area contributed by atoms with Crippen LogP contribution in [0.15, 0.2) is 56.6 Å². The van der Waals surface area contributed by atoms with Crippen molar-refractivity contribution in [2.45, 2.75) is 11.0 Å². The Labute approximate surface area is 144 Å². The summed E-state index contributed by atoms with van der Waals surface area (Å²) >= 11 is 10.8. The number of rotatable bonds is 4. The molecule has 0 amide bonds. The average molecular weight is 400 g/mol. The summed E-state index contributed by atoms with van der Waals surface area (Å²) in [5.74, 6) is 0.615. The molecule has 2 aromatic carbocycles. The van der Waals surface area contributed by atoms with Crippen molar-refractivity contribution >= 4 is 39.3 Å². The Morgan fingerprint density at radius 2 is 2.00 bits per heavy atom. The van der Waals surface area contributed by atoms with E-state index in [2.05, 4.69) is 26.1 Å². The highest BCUT2D eigenvalue weighted by atomic mass is 79.9. The number of hydrogen-bond donors (Lipinski definition) is 0. The average Bonchev–Trinajstić information content (AvgIpc) is 2.95. The second kappa shape index (κ2) is 6.81. The van der Waals surface area contributed by atoms with Crippen LogP contribution < -0.4 is 0 Å². The third-order valence-electron chi connectivity index (χ3n) is 2.88. The molecule has 0 aliphatic carbocycles. The van der Waals surface area contributed by atoms with Crippen LogP contribution in [0.2, 0.25) is 5.02 Å². The molecule has 0 aliphatic rings. The SMILES string of the molecule is Fc1ccc(CSc2nnc(-c3ccccc3Br)o2)c(Cl)c1. The third kappa shape index (κ3) is 3.51. The maximum Gasteiger partial charge on any atom is 0.277 e. The normalized spacial score (nSPS) is 10.9. The molecule has 1 aromatic heterocycles. The number of thioether (sulfide) groups is 1. The van der Waals surface area contributed by atoms with Gasteiger partial charge in [-0.15, -0.1) is 10.2 Å². The van der Waals surface area contributed by atoms with Crippen molar-refractivity contribution in [3.63, 3.8) is 0 Å². The lowest BCUT2D eigenvalue weighted by atomic mass is 10.2. The van der Waals surface area contributed by atoms with Gasteiger partial charge in [0.05, 0.1) is 5.56 Å². The molecule has 0 radical (unpaired) electrons. The van der Waals surface area contributed by atoms with Crippen LogP contribution in [0.5, 0.6) is 0 Å². The Hall–Kier alpha value is -1.37. The summed E-state index contributed by atoms with van der Waals surface area (Å²) in [7, 11) is 0. The molecule has 0 atom stereocenters. The van der Waals surface area contributed by atoms with Crippen LogP contribution in [0, 0.1) is 5.82 Å². The van der Waals surface area contributed by atoms with Crippen LogP contribution in [0.3, 0.4) is 0 Å². The monoisotopic (exact) mass is 398 g/mol. The third-order valence-corrected chi connectivity index (χ3v) is 4.79. The van der Waals surface area contributed by atoms with E-state index in [9.17, 15) is 4.39 Å². The second-order valence-corrected chi connectivity index (χ2v) is 6.57. The lowest BCUT2D eigenvalue weighted by Gasteiger charge is -2.01. The van der Waals surface area contributed by atoms with Gasteiger partial charge < -0.3 is 4.42 Å². The molecule has 0 N–H and O–H groups in total. The standard InChI is InChI=1S/C15H9BrClFN2OS/c16-12-4-2-1-3-11(12)14-19-20-15(21-14)22-8-9-5-6-10(18)7-13(9)17/h1-7H,8H2. The zero-order valence-corrected chi connectivity index (χ0v) is 14.3. The van der Waals surface area contributed by atoms with E-state index in [1.54, 1.807) is 6.07 Å². The first-order chi connectivity index (χ1) is 10.6. The van der Waals surface area contributed by atoms with Crippen molar-refractivity contribution in [1.29, 1.82) is 0 Å². The Morgan fingerprint density at radius 1 is 1.18 bits per heavy atom. The van der Waals surface area contributed by atoms with Gasteiger partial charge in [0.15, 0.2) is 0 Å². The quantitative estimate of drug-likeness (QED) is 0.537. The zero-order chi connectivity index (χ0) is 15.5. The highest BCUT2D eigenvalue weighted by Crippen LogP contribution is 2.31. The van der Waals surface area contributed by atoms with Crippen LogP contribution in [-0.4, -0.2) is 10.2 Å². The van der Waals surface area contributed by atoms with Gasteiger partial charge in [0, 0.05) is 15.2 Å². The van der Waals surface area contributed by atoms with E-state index in [0.29, 0.717) is 21.9 Å². The van der Waals surface area contributed by atoms with E-state index in [0.717, 1.165) is 15.6 Å². The molecular weight excluding hydrogens is 391 g/mol. The molecule has 0 bridgehead atoms. The summed E-state index contributed by atoms with van der Waals surface area (Å²) in [6.45, 7) is 0. The number of hydrogen-bond acceptors (Lipinski definition) is 4. The summed E-state index contributed by atoms with van der Waals surface area (Å²) in [5, 5.41) is 8.86. The maximum atomic E-state index is 13.0. The van der Waals surface area contributed by atoms with Gasteiger partial charge >= 0.3 is 0 Å². The van der Waals surface area contributed by atoms with Gasteiger partial charge in [-0.3, -0.25) is 0 Å². The van der Waals surface area contributed by atoms with Gasteiger partial charge in [0.1, 0.15) is 5.82 Å². The molecule has 0 saturated carbocycles. The summed E-state index contributed by atoms with van der Waals surface area (Å²) in [5.41, 5.74) is 1.65. The minimum absolute atomic E-state index is 0.354. The van der Waals surface area contributed by atoms with E-state index in [4.69, 9.17) is 16.0 Å². The molecule has 0 unspecified atom stereocenters. The molecule has 3 rings (SSSR count). The number of aromatic nitrogens is 2. The Bertz CT molecular complexity index is 812. The van der Waals surface area contributed by atoms with Crippen LogP contribution in [0.4, 0.5) is 4.39 Å². The lowest BCUT2D eigenvalue weighted by Crippen LogP contribution is -1.84. The second-order valence-electron chi connectivity index (χ2n) is 4.38. The molecule has 0 saturated heterocycles. The van der Waals surface area contributed by atoms with Crippen LogP contribution in [0.25, 0.3) is 11.5 Å². The van der Waals surface area contributed by atoms with Crippen molar-refractivity contribution in [2.24, 2.45) is 0 Å². The van der Waals surface area contributed by atoms with E-state index in [1.165, 1.54) is 23.9 Å². The molecule has 1 heterocycles. The smallest absolute Gasteiger partial charge is 0.277 e. The predicted molar refractivity (Wildman–Crippen MR) is 88.4 cm³/mol. The van der Waals surface area contributed by atoms with Gasteiger partial charge in [-0.25, -0.2) is 4.39 Å². The van der Waals surface area contributed by atoms with Gasteiger partial charge in [-0.05, 0) is 45.8 Å². The highest BCUT2D eigenvalue weighted by Gasteiger charge is 2.12. The molecule has 112 valence electrons. The first kappa shape index (κ1) is 15.5. The van der Waals surface area contributed by atoms with E-state index < -0.39 is 0 Å². The van der Waals surface area contributed by atoms with Crippen molar-refractivity contribution in [3.05, 3.63) is 63.3 Å². The fraction of sp³-hybridized carbons (Fsp3) is 0.0667. The van der Waals surface area contributed by atoms with Gasteiger partial charge in [0.2, 0.25) is 5.89 Å². The molecule has 3 aromatic rings. The Balaban J connectivity index is 1.74. The van der Waals surface area contributed by atoms with Gasteiger partial charge in [-0.1, -0.05) is 41.6 Å². The zero-order valence-electron chi connectivity index (χ0n) is 11.1. The van der Waals surface area contributed by atoms with Crippen LogP contribution >= 0.6 is 39.3 Å². The lowest BCUT2D eigenvalue weighted by molar-refractivity contribution is 0.465. The first-order valence-corrected chi connectivity index (χ1v) is 8.44. The minimum Gasteiger partial charge on any atom is -0.411 e.